The van der Waals surface area contributed by atoms with Crippen LogP contribution < -0.4 is 10.1 Å². The maximum absolute atomic E-state index is 12.5. The molecule has 1 N–H and O–H groups in total. The van der Waals surface area contributed by atoms with Gasteiger partial charge in [-0.15, -0.1) is 0 Å². The average molecular weight is 358 g/mol. The standard InChI is InChI=1S/C21H24ClNO2/c1-13-11-19(9-10-20(13)22)25-15(3)21(24)23-14(2)17-8-7-16-5-4-6-18(16)12-17/h7-12,14-15H,4-6H2,1-3H3,(H,23,24)/t14-,15-/m1/s1. The van der Waals surface area contributed by atoms with Gasteiger partial charge in [-0.05, 0) is 80.5 Å². The van der Waals surface area contributed by atoms with E-state index in [1.165, 1.54) is 24.0 Å². The van der Waals surface area contributed by atoms with Gasteiger partial charge in [0, 0.05) is 5.02 Å². The lowest BCUT2D eigenvalue weighted by atomic mass is 10.0. The topological polar surface area (TPSA) is 38.3 Å². The van der Waals surface area contributed by atoms with Crippen molar-refractivity contribution in [3.05, 3.63) is 63.7 Å². The molecule has 2 aromatic rings. The van der Waals surface area contributed by atoms with E-state index in [2.05, 4.69) is 23.5 Å². The third-order valence-electron chi connectivity index (χ3n) is 4.79. The van der Waals surface area contributed by atoms with Gasteiger partial charge in [0.2, 0.25) is 0 Å². The molecule has 0 saturated heterocycles. The number of nitrogens with one attached hydrogen (secondary N) is 1. The Morgan fingerprint density at radius 2 is 1.88 bits per heavy atom. The number of fused-ring (bicyclic) bond motifs is 1. The lowest BCUT2D eigenvalue weighted by Gasteiger charge is -2.20. The number of benzene rings is 2. The number of ether oxygens (including phenoxy) is 1. The van der Waals surface area contributed by atoms with E-state index >= 15 is 0 Å². The first-order chi connectivity index (χ1) is 11.9. The SMILES string of the molecule is Cc1cc(O[C@H](C)C(=O)N[C@H](C)c2ccc3c(c2)CCC3)ccc1Cl. The molecule has 25 heavy (non-hydrogen) atoms. The Labute approximate surface area is 154 Å². The van der Waals surface area contributed by atoms with Crippen molar-refractivity contribution in [3.8, 4) is 5.75 Å². The maximum Gasteiger partial charge on any atom is 0.261 e. The number of halogens is 1. The number of amides is 1. The Hall–Kier alpha value is -2.00. The highest BCUT2D eigenvalue weighted by Crippen LogP contribution is 2.26. The van der Waals surface area contributed by atoms with Crippen molar-refractivity contribution in [1.82, 2.24) is 5.32 Å². The number of rotatable bonds is 5. The Morgan fingerprint density at radius 3 is 2.64 bits per heavy atom. The molecule has 0 saturated carbocycles. The molecule has 0 aromatic heterocycles. The number of hydrogen-bond donors (Lipinski definition) is 1. The minimum atomic E-state index is -0.572. The first kappa shape index (κ1) is 17.8. The summed E-state index contributed by atoms with van der Waals surface area (Å²) < 4.78 is 5.75. The van der Waals surface area contributed by atoms with Gasteiger partial charge in [-0.3, -0.25) is 4.79 Å². The summed E-state index contributed by atoms with van der Waals surface area (Å²) in [4.78, 5) is 12.5. The van der Waals surface area contributed by atoms with E-state index in [9.17, 15) is 4.79 Å². The van der Waals surface area contributed by atoms with Crippen molar-refractivity contribution < 1.29 is 9.53 Å². The monoisotopic (exact) mass is 357 g/mol. The Morgan fingerprint density at radius 1 is 1.12 bits per heavy atom. The summed E-state index contributed by atoms with van der Waals surface area (Å²) in [5, 5.41) is 3.73. The van der Waals surface area contributed by atoms with Crippen molar-refractivity contribution in [1.29, 1.82) is 0 Å². The number of aryl methyl sites for hydroxylation is 3. The summed E-state index contributed by atoms with van der Waals surface area (Å²) in [6.45, 7) is 5.68. The minimum absolute atomic E-state index is 0.0450. The largest absolute Gasteiger partial charge is 0.481 e. The molecule has 0 unspecified atom stereocenters. The highest BCUT2D eigenvalue weighted by molar-refractivity contribution is 6.31. The zero-order chi connectivity index (χ0) is 18.0. The molecular weight excluding hydrogens is 334 g/mol. The molecule has 0 fully saturated rings. The Bertz CT molecular complexity index is 787. The second-order valence-electron chi connectivity index (χ2n) is 6.78. The van der Waals surface area contributed by atoms with Gasteiger partial charge in [0.25, 0.3) is 5.91 Å². The van der Waals surface area contributed by atoms with E-state index in [1.807, 2.05) is 19.9 Å². The Kier molecular flexibility index (Phi) is 5.33. The third-order valence-corrected chi connectivity index (χ3v) is 5.22. The average Bonchev–Trinajstić information content (AvgIpc) is 3.05. The van der Waals surface area contributed by atoms with Crippen LogP contribution in [0.1, 0.15) is 48.6 Å². The summed E-state index contributed by atoms with van der Waals surface area (Å²) in [6, 6.07) is 11.9. The molecule has 0 bridgehead atoms. The molecule has 0 radical (unpaired) electrons. The lowest BCUT2D eigenvalue weighted by Crippen LogP contribution is -2.37. The van der Waals surface area contributed by atoms with Crippen LogP contribution in [0.3, 0.4) is 0 Å². The van der Waals surface area contributed by atoms with Crippen molar-refractivity contribution in [2.75, 3.05) is 0 Å². The fraction of sp³-hybridized carbons (Fsp3) is 0.381. The highest BCUT2D eigenvalue weighted by Gasteiger charge is 2.19. The number of carbonyl (C=O) groups excluding carboxylic acids is 1. The van der Waals surface area contributed by atoms with Gasteiger partial charge < -0.3 is 10.1 Å². The highest BCUT2D eigenvalue weighted by atomic mass is 35.5. The zero-order valence-electron chi connectivity index (χ0n) is 14.9. The van der Waals surface area contributed by atoms with Gasteiger partial charge in [-0.25, -0.2) is 0 Å². The molecule has 2 aromatic carbocycles. The second kappa shape index (κ2) is 7.49. The van der Waals surface area contributed by atoms with Crippen molar-refractivity contribution >= 4 is 17.5 Å². The molecule has 0 spiro atoms. The molecule has 1 aliphatic carbocycles. The first-order valence-corrected chi connectivity index (χ1v) is 9.16. The zero-order valence-corrected chi connectivity index (χ0v) is 15.7. The van der Waals surface area contributed by atoms with Gasteiger partial charge in [0.1, 0.15) is 5.75 Å². The van der Waals surface area contributed by atoms with Gasteiger partial charge in [-0.2, -0.15) is 0 Å². The van der Waals surface area contributed by atoms with E-state index in [0.29, 0.717) is 10.8 Å². The van der Waals surface area contributed by atoms with Gasteiger partial charge in [0.05, 0.1) is 6.04 Å². The lowest BCUT2D eigenvalue weighted by molar-refractivity contribution is -0.127. The van der Waals surface area contributed by atoms with Crippen LogP contribution in [0.25, 0.3) is 0 Å². The van der Waals surface area contributed by atoms with E-state index in [-0.39, 0.29) is 11.9 Å². The Balaban J connectivity index is 1.61. The van der Waals surface area contributed by atoms with Crippen LogP contribution in [0.2, 0.25) is 5.02 Å². The predicted molar refractivity (Wildman–Crippen MR) is 101 cm³/mol. The third kappa shape index (κ3) is 4.16. The number of carbonyl (C=O) groups is 1. The summed E-state index contributed by atoms with van der Waals surface area (Å²) in [5.41, 5.74) is 4.93. The molecule has 3 rings (SSSR count). The van der Waals surface area contributed by atoms with Crippen LogP contribution >= 0.6 is 11.6 Å². The predicted octanol–water partition coefficient (Wildman–Crippen LogP) is 4.78. The van der Waals surface area contributed by atoms with Crippen LogP contribution in [0.5, 0.6) is 5.75 Å². The van der Waals surface area contributed by atoms with Crippen LogP contribution in [-0.4, -0.2) is 12.0 Å². The normalized spacial score (nSPS) is 15.4. The second-order valence-corrected chi connectivity index (χ2v) is 7.19. The summed E-state index contributed by atoms with van der Waals surface area (Å²) in [6.07, 6.45) is 2.96. The fourth-order valence-corrected chi connectivity index (χ4v) is 3.34. The van der Waals surface area contributed by atoms with Crippen molar-refractivity contribution in [2.45, 2.75) is 52.2 Å². The van der Waals surface area contributed by atoms with E-state index in [1.54, 1.807) is 19.1 Å². The molecular formula is C21H24ClNO2. The van der Waals surface area contributed by atoms with Crippen molar-refractivity contribution in [2.24, 2.45) is 0 Å². The maximum atomic E-state index is 12.5. The molecule has 2 atom stereocenters. The van der Waals surface area contributed by atoms with Crippen LogP contribution in [0, 0.1) is 6.92 Å². The molecule has 1 aliphatic rings. The quantitative estimate of drug-likeness (QED) is 0.836. The summed E-state index contributed by atoms with van der Waals surface area (Å²) in [5.74, 6) is 0.523. The van der Waals surface area contributed by atoms with Crippen LogP contribution in [-0.2, 0) is 17.6 Å². The van der Waals surface area contributed by atoms with E-state index < -0.39 is 6.10 Å². The van der Waals surface area contributed by atoms with Crippen molar-refractivity contribution in [3.63, 3.8) is 0 Å². The molecule has 3 nitrogen and oxygen atoms in total. The minimum Gasteiger partial charge on any atom is -0.481 e. The first-order valence-electron chi connectivity index (χ1n) is 8.79. The summed E-state index contributed by atoms with van der Waals surface area (Å²) in [7, 11) is 0. The molecule has 0 aliphatic heterocycles. The van der Waals surface area contributed by atoms with Gasteiger partial charge in [0.15, 0.2) is 6.10 Å². The molecule has 4 heteroatoms. The molecule has 132 valence electrons. The van der Waals surface area contributed by atoms with Crippen LogP contribution in [0.4, 0.5) is 0 Å². The smallest absolute Gasteiger partial charge is 0.261 e. The van der Waals surface area contributed by atoms with E-state index in [4.69, 9.17) is 16.3 Å². The molecule has 0 heterocycles. The van der Waals surface area contributed by atoms with Gasteiger partial charge in [-0.1, -0.05) is 29.8 Å². The summed E-state index contributed by atoms with van der Waals surface area (Å²) >= 11 is 6.02. The van der Waals surface area contributed by atoms with E-state index in [0.717, 1.165) is 17.5 Å². The molecule has 1 amide bonds. The number of hydrogen-bond acceptors (Lipinski definition) is 2. The van der Waals surface area contributed by atoms with Crippen LogP contribution in [0.15, 0.2) is 36.4 Å². The van der Waals surface area contributed by atoms with Gasteiger partial charge >= 0.3 is 0 Å². The fourth-order valence-electron chi connectivity index (χ4n) is 3.22.